The van der Waals surface area contributed by atoms with Crippen LogP contribution in [0.25, 0.3) is 0 Å². The Morgan fingerprint density at radius 1 is 1.33 bits per heavy atom. The number of nitriles is 1. The molecule has 0 saturated heterocycles. The highest BCUT2D eigenvalue weighted by molar-refractivity contribution is 5.15. The average Bonchev–Trinajstić information content (AvgIpc) is 2.27. The van der Waals surface area contributed by atoms with E-state index < -0.39 is 0 Å². The number of likely N-dealkylation sites (N-methyl/N-ethyl adjacent to an activating group) is 1. The molecule has 2 heteroatoms. The molecular weight excluding hydrogens is 184 g/mol. The van der Waals surface area contributed by atoms with Gasteiger partial charge in [-0.2, -0.15) is 5.26 Å². The van der Waals surface area contributed by atoms with Crippen molar-refractivity contribution in [3.63, 3.8) is 0 Å². The van der Waals surface area contributed by atoms with Gasteiger partial charge in [0.05, 0.1) is 12.6 Å². The lowest BCUT2D eigenvalue weighted by atomic mass is 10.0. The second kappa shape index (κ2) is 6.21. The molecule has 1 aromatic rings. The van der Waals surface area contributed by atoms with Crippen LogP contribution in [0.4, 0.5) is 0 Å². The van der Waals surface area contributed by atoms with Gasteiger partial charge in [0.2, 0.25) is 0 Å². The van der Waals surface area contributed by atoms with E-state index in [9.17, 15) is 0 Å². The van der Waals surface area contributed by atoms with Gasteiger partial charge in [-0.3, -0.25) is 4.90 Å². The van der Waals surface area contributed by atoms with Crippen LogP contribution in [0.1, 0.15) is 18.9 Å². The van der Waals surface area contributed by atoms with E-state index in [2.05, 4.69) is 42.2 Å². The van der Waals surface area contributed by atoms with Gasteiger partial charge in [0.25, 0.3) is 0 Å². The summed E-state index contributed by atoms with van der Waals surface area (Å²) in [5.41, 5.74) is 1.34. The second-order valence-corrected chi connectivity index (χ2v) is 3.83. The fourth-order valence-corrected chi connectivity index (χ4v) is 1.74. The number of hydrogen-bond acceptors (Lipinski definition) is 2. The molecule has 0 spiro atoms. The highest BCUT2D eigenvalue weighted by Crippen LogP contribution is 2.10. The zero-order chi connectivity index (χ0) is 11.1. The first kappa shape index (κ1) is 11.7. The van der Waals surface area contributed by atoms with Crippen molar-refractivity contribution in [3.05, 3.63) is 35.9 Å². The Bertz CT molecular complexity index is 313. The second-order valence-electron chi connectivity index (χ2n) is 3.83. The molecule has 0 amide bonds. The summed E-state index contributed by atoms with van der Waals surface area (Å²) in [6.45, 7) is 2.67. The van der Waals surface area contributed by atoms with E-state index in [1.54, 1.807) is 0 Å². The van der Waals surface area contributed by atoms with Gasteiger partial charge in [-0.25, -0.2) is 0 Å². The summed E-state index contributed by atoms with van der Waals surface area (Å²) in [6.07, 6.45) is 2.10. The van der Waals surface area contributed by atoms with Crippen molar-refractivity contribution in [1.82, 2.24) is 4.90 Å². The molecule has 0 heterocycles. The minimum absolute atomic E-state index is 0.465. The Morgan fingerprint density at radius 2 is 2.00 bits per heavy atom. The molecule has 1 atom stereocenters. The van der Waals surface area contributed by atoms with Crippen LogP contribution in [0.15, 0.2) is 30.3 Å². The summed E-state index contributed by atoms with van der Waals surface area (Å²) >= 11 is 0. The molecule has 0 aliphatic heterocycles. The molecule has 0 unspecified atom stereocenters. The third kappa shape index (κ3) is 3.73. The van der Waals surface area contributed by atoms with Crippen molar-refractivity contribution in [2.24, 2.45) is 0 Å². The molecule has 0 radical (unpaired) electrons. The molecule has 80 valence electrons. The first-order valence-electron chi connectivity index (χ1n) is 5.39. The first-order valence-corrected chi connectivity index (χ1v) is 5.39. The minimum Gasteiger partial charge on any atom is -0.290 e. The van der Waals surface area contributed by atoms with E-state index in [1.807, 2.05) is 13.1 Å². The van der Waals surface area contributed by atoms with Gasteiger partial charge >= 0.3 is 0 Å². The van der Waals surface area contributed by atoms with Crippen molar-refractivity contribution in [1.29, 1.82) is 5.26 Å². The van der Waals surface area contributed by atoms with Gasteiger partial charge in [-0.15, -0.1) is 0 Å². The van der Waals surface area contributed by atoms with Crippen molar-refractivity contribution >= 4 is 0 Å². The maximum Gasteiger partial charge on any atom is 0.0866 e. The molecular formula is C13H18N2. The normalized spacial score (nSPS) is 12.4. The Labute approximate surface area is 92.1 Å². The molecule has 15 heavy (non-hydrogen) atoms. The number of hydrogen-bond donors (Lipinski definition) is 0. The Morgan fingerprint density at radius 3 is 2.53 bits per heavy atom. The van der Waals surface area contributed by atoms with Crippen LogP contribution >= 0.6 is 0 Å². The standard InChI is InChI=1S/C13H18N2/c1-3-13(15(2)10-9-14)11-12-7-5-4-6-8-12/h4-8,13H,3,10-11H2,1-2H3/t13-/m0/s1. The van der Waals surface area contributed by atoms with Gasteiger partial charge in [0.1, 0.15) is 0 Å². The lowest BCUT2D eigenvalue weighted by Gasteiger charge is -2.24. The van der Waals surface area contributed by atoms with Crippen LogP contribution in [-0.4, -0.2) is 24.5 Å². The monoisotopic (exact) mass is 202 g/mol. The topological polar surface area (TPSA) is 27.0 Å². The summed E-state index contributed by atoms with van der Waals surface area (Å²) in [7, 11) is 2.01. The highest BCUT2D eigenvalue weighted by atomic mass is 15.1. The van der Waals surface area contributed by atoms with E-state index in [4.69, 9.17) is 5.26 Å². The lowest BCUT2D eigenvalue weighted by Crippen LogP contribution is -2.33. The Balaban J connectivity index is 2.58. The molecule has 1 aromatic carbocycles. The van der Waals surface area contributed by atoms with Gasteiger partial charge < -0.3 is 0 Å². The number of benzene rings is 1. The van der Waals surface area contributed by atoms with Crippen LogP contribution in [0.2, 0.25) is 0 Å². The molecule has 0 bridgehead atoms. The van der Waals surface area contributed by atoms with Crippen LogP contribution in [-0.2, 0) is 6.42 Å². The van der Waals surface area contributed by atoms with E-state index in [0.717, 1.165) is 12.8 Å². The van der Waals surface area contributed by atoms with Crippen LogP contribution in [0.3, 0.4) is 0 Å². The van der Waals surface area contributed by atoms with E-state index in [1.165, 1.54) is 5.56 Å². The van der Waals surface area contributed by atoms with E-state index >= 15 is 0 Å². The largest absolute Gasteiger partial charge is 0.290 e. The number of rotatable bonds is 5. The van der Waals surface area contributed by atoms with Gasteiger partial charge in [-0.1, -0.05) is 37.3 Å². The SMILES string of the molecule is CC[C@@H](Cc1ccccc1)N(C)CC#N. The fraction of sp³-hybridized carbons (Fsp3) is 0.462. The first-order chi connectivity index (χ1) is 7.27. The lowest BCUT2D eigenvalue weighted by molar-refractivity contribution is 0.260. The maximum atomic E-state index is 8.66. The summed E-state index contributed by atoms with van der Waals surface area (Å²) < 4.78 is 0. The highest BCUT2D eigenvalue weighted by Gasteiger charge is 2.12. The molecule has 1 rings (SSSR count). The third-order valence-corrected chi connectivity index (χ3v) is 2.73. The van der Waals surface area contributed by atoms with Crippen molar-refractivity contribution in [2.45, 2.75) is 25.8 Å². The van der Waals surface area contributed by atoms with Crippen molar-refractivity contribution in [2.75, 3.05) is 13.6 Å². The van der Waals surface area contributed by atoms with Gasteiger partial charge in [-0.05, 0) is 25.5 Å². The third-order valence-electron chi connectivity index (χ3n) is 2.73. The molecule has 0 saturated carbocycles. The zero-order valence-electron chi connectivity index (χ0n) is 9.48. The van der Waals surface area contributed by atoms with E-state index in [-0.39, 0.29) is 0 Å². The summed E-state index contributed by atoms with van der Waals surface area (Å²) in [4.78, 5) is 2.12. The van der Waals surface area contributed by atoms with Crippen LogP contribution in [0.5, 0.6) is 0 Å². The average molecular weight is 202 g/mol. The van der Waals surface area contributed by atoms with Crippen LogP contribution < -0.4 is 0 Å². The van der Waals surface area contributed by atoms with Gasteiger partial charge in [0.15, 0.2) is 0 Å². The molecule has 0 aliphatic rings. The Kier molecular flexibility index (Phi) is 4.86. The smallest absolute Gasteiger partial charge is 0.0866 e. The fourth-order valence-electron chi connectivity index (χ4n) is 1.74. The molecule has 0 aromatic heterocycles. The summed E-state index contributed by atoms with van der Waals surface area (Å²) in [5.74, 6) is 0. The molecule has 0 aliphatic carbocycles. The minimum atomic E-state index is 0.465. The molecule has 0 N–H and O–H groups in total. The Hall–Kier alpha value is -1.33. The summed E-state index contributed by atoms with van der Waals surface area (Å²) in [5, 5.41) is 8.66. The van der Waals surface area contributed by atoms with E-state index in [0.29, 0.717) is 12.6 Å². The molecule has 0 fully saturated rings. The van der Waals surface area contributed by atoms with Gasteiger partial charge in [0, 0.05) is 6.04 Å². The predicted octanol–water partition coefficient (Wildman–Crippen LogP) is 2.46. The predicted molar refractivity (Wildman–Crippen MR) is 62.5 cm³/mol. The zero-order valence-corrected chi connectivity index (χ0v) is 9.48. The van der Waals surface area contributed by atoms with Crippen LogP contribution in [0, 0.1) is 11.3 Å². The quantitative estimate of drug-likeness (QED) is 0.686. The summed E-state index contributed by atoms with van der Waals surface area (Å²) in [6, 6.07) is 13.1. The maximum absolute atomic E-state index is 8.66. The van der Waals surface area contributed by atoms with Crippen molar-refractivity contribution in [3.8, 4) is 6.07 Å². The molecule has 2 nitrogen and oxygen atoms in total. The number of nitrogens with zero attached hydrogens (tertiary/aromatic N) is 2. The van der Waals surface area contributed by atoms with Crippen molar-refractivity contribution < 1.29 is 0 Å².